The molecule has 1 aliphatic carbocycles. The second-order valence-electron chi connectivity index (χ2n) is 5.75. The quantitative estimate of drug-likeness (QED) is 0.900. The fraction of sp³-hybridized carbons (Fsp3) is 0.533. The van der Waals surface area contributed by atoms with Gasteiger partial charge in [0.25, 0.3) is 0 Å². The van der Waals surface area contributed by atoms with E-state index in [4.69, 9.17) is 10.8 Å². The Morgan fingerprint density at radius 3 is 2.94 bits per heavy atom. The van der Waals surface area contributed by atoms with Crippen molar-refractivity contribution < 1.29 is 0 Å². The third-order valence-electron chi connectivity index (χ3n) is 3.92. The van der Waals surface area contributed by atoms with Gasteiger partial charge in [0.05, 0.1) is 16.9 Å². The standard InChI is InChI=1S/C15H21N3/c1-10(2)6-8-12-15(16)14-9-7-11-4-3-5-13(11)18(14)17-12/h7,9-10H,3-6,8,16H2,1-2H3. The minimum absolute atomic E-state index is 0.694. The van der Waals surface area contributed by atoms with Crippen molar-refractivity contribution in [2.75, 3.05) is 5.73 Å². The summed E-state index contributed by atoms with van der Waals surface area (Å²) < 4.78 is 2.09. The van der Waals surface area contributed by atoms with E-state index in [2.05, 4.69) is 30.5 Å². The molecule has 0 fully saturated rings. The van der Waals surface area contributed by atoms with E-state index in [0.717, 1.165) is 36.2 Å². The number of hydrogen-bond acceptors (Lipinski definition) is 2. The predicted molar refractivity (Wildman–Crippen MR) is 74.8 cm³/mol. The number of anilines is 1. The van der Waals surface area contributed by atoms with Crippen molar-refractivity contribution >= 4 is 11.2 Å². The van der Waals surface area contributed by atoms with Gasteiger partial charge < -0.3 is 5.73 Å². The van der Waals surface area contributed by atoms with Gasteiger partial charge in [-0.2, -0.15) is 5.10 Å². The molecule has 0 amide bonds. The smallest absolute Gasteiger partial charge is 0.0897 e. The number of nitrogens with zero attached hydrogens (tertiary/aromatic N) is 2. The van der Waals surface area contributed by atoms with Gasteiger partial charge in [0.1, 0.15) is 0 Å². The minimum Gasteiger partial charge on any atom is -0.395 e. The number of pyridine rings is 1. The highest BCUT2D eigenvalue weighted by molar-refractivity contribution is 5.73. The average Bonchev–Trinajstić information content (AvgIpc) is 2.91. The maximum absolute atomic E-state index is 6.24. The number of rotatable bonds is 3. The number of fused-ring (bicyclic) bond motifs is 3. The van der Waals surface area contributed by atoms with Crippen molar-refractivity contribution in [1.82, 2.24) is 9.61 Å². The third-order valence-corrected chi connectivity index (χ3v) is 3.92. The first-order valence-electron chi connectivity index (χ1n) is 6.94. The number of nitrogen functional groups attached to an aromatic ring is 1. The first-order valence-corrected chi connectivity index (χ1v) is 6.94. The zero-order chi connectivity index (χ0) is 12.7. The lowest BCUT2D eigenvalue weighted by atomic mass is 10.1. The Kier molecular flexibility index (Phi) is 2.77. The molecule has 3 rings (SSSR count). The highest BCUT2D eigenvalue weighted by atomic mass is 15.2. The zero-order valence-electron chi connectivity index (χ0n) is 11.2. The molecular weight excluding hydrogens is 222 g/mol. The molecule has 0 aliphatic heterocycles. The lowest BCUT2D eigenvalue weighted by Crippen LogP contribution is -1.98. The van der Waals surface area contributed by atoms with Crippen molar-refractivity contribution in [2.45, 2.75) is 46.0 Å². The number of hydrogen-bond donors (Lipinski definition) is 1. The van der Waals surface area contributed by atoms with Crippen LogP contribution in [0, 0.1) is 5.92 Å². The zero-order valence-corrected chi connectivity index (χ0v) is 11.2. The van der Waals surface area contributed by atoms with Crippen LogP contribution in [0.4, 0.5) is 5.69 Å². The van der Waals surface area contributed by atoms with Gasteiger partial charge in [-0.1, -0.05) is 19.9 Å². The van der Waals surface area contributed by atoms with Crippen LogP contribution in [-0.2, 0) is 19.3 Å². The van der Waals surface area contributed by atoms with Crippen molar-refractivity contribution in [2.24, 2.45) is 5.92 Å². The van der Waals surface area contributed by atoms with Crippen LogP contribution in [-0.4, -0.2) is 9.61 Å². The maximum atomic E-state index is 6.24. The SMILES string of the molecule is CC(C)CCc1nn2c3c(ccc2c1N)CCC3. The molecule has 0 saturated carbocycles. The molecule has 0 saturated heterocycles. The number of nitrogens with two attached hydrogens (primary N) is 1. The normalized spacial score (nSPS) is 14.6. The summed E-state index contributed by atoms with van der Waals surface area (Å²) in [5.41, 5.74) is 12.1. The van der Waals surface area contributed by atoms with E-state index < -0.39 is 0 Å². The molecule has 3 heteroatoms. The topological polar surface area (TPSA) is 43.3 Å². The predicted octanol–water partition coefficient (Wildman–Crippen LogP) is 2.99. The van der Waals surface area contributed by atoms with Crippen LogP contribution >= 0.6 is 0 Å². The summed E-state index contributed by atoms with van der Waals surface area (Å²) in [6, 6.07) is 4.35. The molecule has 1 aliphatic rings. The molecule has 2 heterocycles. The Hall–Kier alpha value is -1.51. The van der Waals surface area contributed by atoms with Gasteiger partial charge in [-0.25, -0.2) is 4.52 Å². The van der Waals surface area contributed by atoms with Gasteiger partial charge in [-0.15, -0.1) is 0 Å². The second-order valence-corrected chi connectivity index (χ2v) is 5.75. The van der Waals surface area contributed by atoms with Crippen LogP contribution in [0.3, 0.4) is 0 Å². The van der Waals surface area contributed by atoms with E-state index in [-0.39, 0.29) is 0 Å². The van der Waals surface area contributed by atoms with Gasteiger partial charge in [0.15, 0.2) is 0 Å². The van der Waals surface area contributed by atoms with Crippen molar-refractivity contribution in [1.29, 1.82) is 0 Å². The Labute approximate surface area is 108 Å². The largest absolute Gasteiger partial charge is 0.395 e. The Bertz CT molecular complexity index is 581. The molecule has 96 valence electrons. The molecule has 0 unspecified atom stereocenters. The van der Waals surface area contributed by atoms with Gasteiger partial charge >= 0.3 is 0 Å². The Balaban J connectivity index is 2.05. The molecule has 0 bridgehead atoms. The molecule has 3 nitrogen and oxygen atoms in total. The molecule has 0 aromatic carbocycles. The van der Waals surface area contributed by atoms with Crippen LogP contribution in [0.15, 0.2) is 12.1 Å². The lowest BCUT2D eigenvalue weighted by molar-refractivity contribution is 0.579. The van der Waals surface area contributed by atoms with E-state index in [1.807, 2.05) is 0 Å². The van der Waals surface area contributed by atoms with Crippen molar-refractivity contribution in [3.05, 3.63) is 29.1 Å². The number of aromatic nitrogens is 2. The van der Waals surface area contributed by atoms with E-state index in [1.54, 1.807) is 0 Å². The molecule has 18 heavy (non-hydrogen) atoms. The van der Waals surface area contributed by atoms with Crippen LogP contribution in [0.25, 0.3) is 5.52 Å². The highest BCUT2D eigenvalue weighted by Crippen LogP contribution is 2.28. The molecule has 2 N–H and O–H groups in total. The van der Waals surface area contributed by atoms with Crippen molar-refractivity contribution in [3.63, 3.8) is 0 Å². The monoisotopic (exact) mass is 243 g/mol. The summed E-state index contributed by atoms with van der Waals surface area (Å²) in [5, 5.41) is 4.75. The second kappa shape index (κ2) is 4.30. The average molecular weight is 243 g/mol. The van der Waals surface area contributed by atoms with Crippen LogP contribution in [0.2, 0.25) is 0 Å². The fourth-order valence-electron chi connectivity index (χ4n) is 2.82. The Morgan fingerprint density at radius 1 is 1.33 bits per heavy atom. The van der Waals surface area contributed by atoms with E-state index in [9.17, 15) is 0 Å². The molecule has 2 aromatic rings. The minimum atomic E-state index is 0.694. The molecule has 0 atom stereocenters. The van der Waals surface area contributed by atoms with Gasteiger partial charge in [0.2, 0.25) is 0 Å². The first-order chi connectivity index (χ1) is 8.66. The summed E-state index contributed by atoms with van der Waals surface area (Å²) in [6.07, 6.45) is 5.70. The molecule has 0 spiro atoms. The van der Waals surface area contributed by atoms with Crippen molar-refractivity contribution in [3.8, 4) is 0 Å². The van der Waals surface area contributed by atoms with E-state index in [1.165, 1.54) is 24.1 Å². The lowest BCUT2D eigenvalue weighted by Gasteiger charge is -2.02. The van der Waals surface area contributed by atoms with Crippen LogP contribution in [0.1, 0.15) is 43.6 Å². The molecule has 2 aromatic heterocycles. The van der Waals surface area contributed by atoms with Crippen LogP contribution in [0.5, 0.6) is 0 Å². The summed E-state index contributed by atoms with van der Waals surface area (Å²) >= 11 is 0. The van der Waals surface area contributed by atoms with Gasteiger partial charge in [0, 0.05) is 5.69 Å². The van der Waals surface area contributed by atoms with Gasteiger partial charge in [-0.05, 0) is 49.7 Å². The summed E-state index contributed by atoms with van der Waals surface area (Å²) in [7, 11) is 0. The molecule has 0 radical (unpaired) electrons. The van der Waals surface area contributed by atoms with E-state index in [0.29, 0.717) is 5.92 Å². The fourth-order valence-corrected chi connectivity index (χ4v) is 2.82. The third kappa shape index (κ3) is 1.78. The van der Waals surface area contributed by atoms with E-state index >= 15 is 0 Å². The molecular formula is C15H21N3. The summed E-state index contributed by atoms with van der Waals surface area (Å²) in [5.74, 6) is 0.694. The summed E-state index contributed by atoms with van der Waals surface area (Å²) in [4.78, 5) is 0. The first kappa shape index (κ1) is 11.6. The highest BCUT2D eigenvalue weighted by Gasteiger charge is 2.18. The summed E-state index contributed by atoms with van der Waals surface area (Å²) in [6.45, 7) is 4.48. The number of aryl methyl sites for hydroxylation is 3. The maximum Gasteiger partial charge on any atom is 0.0897 e. The Morgan fingerprint density at radius 2 is 2.17 bits per heavy atom. The van der Waals surface area contributed by atoms with Gasteiger partial charge in [-0.3, -0.25) is 0 Å². The van der Waals surface area contributed by atoms with Crippen LogP contribution < -0.4 is 5.73 Å².